The highest BCUT2D eigenvalue weighted by atomic mass is 16.5. The average Bonchev–Trinajstić information content (AvgIpc) is 3.00. The molecule has 0 atom stereocenters. The number of esters is 1. The molecule has 2 amide bonds. The Bertz CT molecular complexity index is 827. The third kappa shape index (κ3) is 5.58. The van der Waals surface area contributed by atoms with Crippen LogP contribution in [-0.2, 0) is 25.7 Å². The number of hydrogen-bond acceptors (Lipinski definition) is 7. The minimum Gasteiger partial charge on any atom is -0.454 e. The highest BCUT2D eigenvalue weighted by Gasteiger charge is 2.15. The van der Waals surface area contributed by atoms with Gasteiger partial charge in [0, 0.05) is 12.1 Å². The summed E-state index contributed by atoms with van der Waals surface area (Å²) >= 11 is 0. The number of benzene rings is 1. The summed E-state index contributed by atoms with van der Waals surface area (Å²) in [6, 6.07) is 8.71. The smallest absolute Gasteiger partial charge is 0.437 e. The van der Waals surface area contributed by atoms with Crippen LogP contribution in [0.4, 0.5) is 0 Å². The molecule has 26 heavy (non-hydrogen) atoms. The van der Waals surface area contributed by atoms with E-state index in [0.29, 0.717) is 12.1 Å². The predicted octanol–water partition coefficient (Wildman–Crippen LogP) is -0.701. The second kappa shape index (κ2) is 9.16. The number of ether oxygens (including phenoxy) is 1. The second-order valence-electron chi connectivity index (χ2n) is 5.09. The molecule has 10 nitrogen and oxygen atoms in total. The molecule has 1 aromatic carbocycles. The zero-order chi connectivity index (χ0) is 18.9. The van der Waals surface area contributed by atoms with Crippen molar-refractivity contribution >= 4 is 17.8 Å². The fourth-order valence-corrected chi connectivity index (χ4v) is 1.91. The highest BCUT2D eigenvalue weighted by Crippen LogP contribution is 2.13. The van der Waals surface area contributed by atoms with Crippen LogP contribution in [0.1, 0.15) is 6.92 Å². The van der Waals surface area contributed by atoms with Crippen molar-refractivity contribution in [1.29, 1.82) is 0 Å². The van der Waals surface area contributed by atoms with Gasteiger partial charge in [-0.15, -0.1) is 5.10 Å². The van der Waals surface area contributed by atoms with Crippen molar-refractivity contribution < 1.29 is 23.5 Å². The number of nitrogens with one attached hydrogen (secondary N) is 2. The number of likely N-dealkylation sites (N-methyl/N-ethyl adjacent to an activating group) is 1. The molecule has 0 aliphatic carbocycles. The maximum Gasteiger partial charge on any atom is 0.437 e. The van der Waals surface area contributed by atoms with Crippen molar-refractivity contribution in [3.8, 4) is 11.5 Å². The second-order valence-corrected chi connectivity index (χ2v) is 5.09. The molecule has 2 N–H and O–H groups in total. The van der Waals surface area contributed by atoms with Gasteiger partial charge < -0.3 is 19.8 Å². The molecule has 0 saturated heterocycles. The van der Waals surface area contributed by atoms with Crippen molar-refractivity contribution in [3.63, 3.8) is 0 Å². The molecule has 0 unspecified atom stereocenters. The Morgan fingerprint density at radius 2 is 1.88 bits per heavy atom. The summed E-state index contributed by atoms with van der Waals surface area (Å²) in [4.78, 5) is 46.1. The first-order valence-corrected chi connectivity index (χ1v) is 7.82. The van der Waals surface area contributed by atoms with E-state index in [1.807, 2.05) is 0 Å². The topological polar surface area (TPSA) is 133 Å². The molecular weight excluding hydrogens is 344 g/mol. The molecule has 2 rings (SSSR count). The summed E-state index contributed by atoms with van der Waals surface area (Å²) < 4.78 is 10.5. The van der Waals surface area contributed by atoms with Crippen molar-refractivity contribution in [1.82, 2.24) is 20.4 Å². The lowest BCUT2D eigenvalue weighted by atomic mass is 10.2. The van der Waals surface area contributed by atoms with E-state index in [0.717, 1.165) is 4.68 Å². The van der Waals surface area contributed by atoms with Gasteiger partial charge in [0.15, 0.2) is 6.61 Å². The van der Waals surface area contributed by atoms with Gasteiger partial charge in [0.2, 0.25) is 11.8 Å². The van der Waals surface area contributed by atoms with Crippen LogP contribution in [0.2, 0.25) is 0 Å². The lowest BCUT2D eigenvalue weighted by Crippen LogP contribution is -2.38. The van der Waals surface area contributed by atoms with E-state index in [9.17, 15) is 19.2 Å². The van der Waals surface area contributed by atoms with Crippen LogP contribution in [0.3, 0.4) is 0 Å². The van der Waals surface area contributed by atoms with E-state index >= 15 is 0 Å². The molecule has 0 spiro atoms. The first kappa shape index (κ1) is 18.9. The maximum atomic E-state index is 11.7. The SMILES string of the molecule is CCNC(=O)CNC(=O)COC(=O)Cn1nc(-c2ccccc2)oc1=O. The minimum absolute atomic E-state index is 0.0723. The molecule has 0 radical (unpaired) electrons. The molecule has 0 fully saturated rings. The number of nitrogens with zero attached hydrogens (tertiary/aromatic N) is 2. The van der Waals surface area contributed by atoms with Gasteiger partial charge in [-0.1, -0.05) is 18.2 Å². The Morgan fingerprint density at radius 3 is 2.58 bits per heavy atom. The van der Waals surface area contributed by atoms with Crippen LogP contribution in [0.5, 0.6) is 0 Å². The van der Waals surface area contributed by atoms with Gasteiger partial charge in [0.25, 0.3) is 5.91 Å². The van der Waals surface area contributed by atoms with Gasteiger partial charge in [-0.05, 0) is 19.1 Å². The fraction of sp³-hybridized carbons (Fsp3) is 0.312. The molecule has 1 aromatic heterocycles. The Kier molecular flexibility index (Phi) is 6.66. The molecule has 10 heteroatoms. The number of carbonyl (C=O) groups is 3. The number of amides is 2. The quantitative estimate of drug-likeness (QED) is 0.593. The zero-order valence-electron chi connectivity index (χ0n) is 14.1. The van der Waals surface area contributed by atoms with Gasteiger partial charge in [-0.2, -0.15) is 4.68 Å². The lowest BCUT2D eigenvalue weighted by Gasteiger charge is -2.06. The summed E-state index contributed by atoms with van der Waals surface area (Å²) in [7, 11) is 0. The number of hydrogen-bond donors (Lipinski definition) is 2. The highest BCUT2D eigenvalue weighted by molar-refractivity contribution is 5.86. The Hall–Kier alpha value is -3.43. The van der Waals surface area contributed by atoms with Gasteiger partial charge >= 0.3 is 11.7 Å². The first-order chi connectivity index (χ1) is 12.5. The van der Waals surface area contributed by atoms with E-state index in [2.05, 4.69) is 15.7 Å². The minimum atomic E-state index is -0.840. The molecule has 0 aliphatic rings. The summed E-state index contributed by atoms with van der Waals surface area (Å²) in [5, 5.41) is 8.71. The van der Waals surface area contributed by atoms with Crippen LogP contribution in [-0.4, -0.2) is 47.3 Å². The largest absolute Gasteiger partial charge is 0.454 e. The molecule has 0 saturated carbocycles. The molecule has 138 valence electrons. The summed E-state index contributed by atoms with van der Waals surface area (Å²) in [6.45, 7) is 0.903. The Labute approximate surface area is 148 Å². The number of aromatic nitrogens is 2. The molecule has 0 aliphatic heterocycles. The van der Waals surface area contributed by atoms with E-state index in [4.69, 9.17) is 9.15 Å². The third-order valence-corrected chi connectivity index (χ3v) is 3.09. The number of rotatable bonds is 8. The lowest BCUT2D eigenvalue weighted by molar-refractivity contribution is -0.149. The van der Waals surface area contributed by atoms with Crippen molar-refractivity contribution in [2.24, 2.45) is 0 Å². The van der Waals surface area contributed by atoms with Gasteiger partial charge in [-0.3, -0.25) is 14.4 Å². The van der Waals surface area contributed by atoms with Crippen molar-refractivity contribution in [2.45, 2.75) is 13.5 Å². The summed E-state index contributed by atoms with van der Waals surface area (Å²) in [5.74, 6) is -2.57. The maximum absolute atomic E-state index is 11.7. The molecular formula is C16H18N4O6. The molecule has 0 bridgehead atoms. The van der Waals surface area contributed by atoms with Gasteiger partial charge in [0.05, 0.1) is 6.54 Å². The van der Waals surface area contributed by atoms with E-state index in [1.54, 1.807) is 37.3 Å². The van der Waals surface area contributed by atoms with Crippen LogP contribution >= 0.6 is 0 Å². The van der Waals surface area contributed by atoms with E-state index in [1.165, 1.54) is 0 Å². The predicted molar refractivity (Wildman–Crippen MR) is 88.9 cm³/mol. The van der Waals surface area contributed by atoms with Crippen molar-refractivity contribution in [2.75, 3.05) is 19.7 Å². The van der Waals surface area contributed by atoms with E-state index < -0.39 is 30.8 Å². The van der Waals surface area contributed by atoms with Crippen molar-refractivity contribution in [3.05, 3.63) is 40.9 Å². The normalized spacial score (nSPS) is 10.2. The van der Waals surface area contributed by atoms with Gasteiger partial charge in [-0.25, -0.2) is 4.79 Å². The summed E-state index contributed by atoms with van der Waals surface area (Å²) in [6.07, 6.45) is 0. The fourth-order valence-electron chi connectivity index (χ4n) is 1.91. The average molecular weight is 362 g/mol. The number of carbonyl (C=O) groups excluding carboxylic acids is 3. The van der Waals surface area contributed by atoms with Crippen LogP contribution in [0, 0.1) is 0 Å². The molecule has 1 heterocycles. The van der Waals surface area contributed by atoms with E-state index in [-0.39, 0.29) is 18.3 Å². The Balaban J connectivity index is 1.83. The zero-order valence-corrected chi connectivity index (χ0v) is 14.1. The van der Waals surface area contributed by atoms with Crippen LogP contribution < -0.4 is 16.4 Å². The van der Waals surface area contributed by atoms with Crippen LogP contribution in [0.25, 0.3) is 11.5 Å². The summed E-state index contributed by atoms with van der Waals surface area (Å²) in [5.41, 5.74) is 0.585. The first-order valence-electron chi connectivity index (χ1n) is 7.82. The van der Waals surface area contributed by atoms with Gasteiger partial charge in [0.1, 0.15) is 6.54 Å². The van der Waals surface area contributed by atoms with Crippen LogP contribution in [0.15, 0.2) is 39.5 Å². The Morgan fingerprint density at radius 1 is 1.15 bits per heavy atom. The standard InChI is InChI=1S/C16H18N4O6/c1-2-17-12(21)8-18-13(22)10-25-14(23)9-20-16(24)26-15(19-20)11-6-4-3-5-7-11/h3-7H,2,8-10H2,1H3,(H,17,21)(H,18,22). The third-order valence-electron chi connectivity index (χ3n) is 3.09. The monoisotopic (exact) mass is 362 g/mol. The molecule has 2 aromatic rings.